The van der Waals surface area contributed by atoms with E-state index in [-0.39, 0.29) is 5.92 Å². The standard InChI is InChI=1S/C18H20ClN3O3/c1-25-14-3-2-13-16(21-14)15(12(19)9-20-13)11-8-10-4-6-18(11,7-5-10)22-17(23)24/h2-3,9-11,22H,4-8H2,1H3,(H,23,24). The summed E-state index contributed by atoms with van der Waals surface area (Å²) in [6.07, 6.45) is 5.34. The first-order chi connectivity index (χ1) is 12.0. The average molecular weight is 362 g/mol. The Kier molecular flexibility index (Phi) is 3.95. The molecule has 0 spiro atoms. The van der Waals surface area contributed by atoms with Crippen LogP contribution in [0.3, 0.4) is 0 Å². The number of ether oxygens (including phenoxy) is 1. The number of methoxy groups -OCH3 is 1. The second-order valence-corrected chi connectivity index (χ2v) is 7.47. The van der Waals surface area contributed by atoms with Gasteiger partial charge in [0.25, 0.3) is 0 Å². The molecule has 0 radical (unpaired) electrons. The molecule has 2 N–H and O–H groups in total. The second-order valence-electron chi connectivity index (χ2n) is 7.06. The third-order valence-corrected chi connectivity index (χ3v) is 6.13. The van der Waals surface area contributed by atoms with Crippen molar-refractivity contribution in [2.45, 2.75) is 43.6 Å². The zero-order valence-electron chi connectivity index (χ0n) is 14.0. The highest BCUT2D eigenvalue weighted by molar-refractivity contribution is 6.32. The number of hydrogen-bond acceptors (Lipinski definition) is 4. The summed E-state index contributed by atoms with van der Waals surface area (Å²) in [5, 5.41) is 12.8. The molecular weight excluding hydrogens is 342 g/mol. The molecule has 1 atom stereocenters. The Hall–Kier alpha value is -2.08. The van der Waals surface area contributed by atoms with Gasteiger partial charge in [0.2, 0.25) is 5.88 Å². The molecule has 0 saturated heterocycles. The molecule has 25 heavy (non-hydrogen) atoms. The molecule has 2 bridgehead atoms. The largest absolute Gasteiger partial charge is 0.481 e. The zero-order valence-corrected chi connectivity index (χ0v) is 14.7. The van der Waals surface area contributed by atoms with E-state index in [2.05, 4.69) is 15.3 Å². The number of hydrogen-bond donors (Lipinski definition) is 2. The lowest BCUT2D eigenvalue weighted by Crippen LogP contribution is -2.58. The summed E-state index contributed by atoms with van der Waals surface area (Å²) in [4.78, 5) is 20.4. The number of carbonyl (C=O) groups is 1. The molecule has 3 aliphatic carbocycles. The molecule has 6 nitrogen and oxygen atoms in total. The van der Waals surface area contributed by atoms with E-state index in [0.29, 0.717) is 22.3 Å². The molecule has 2 aromatic rings. The van der Waals surface area contributed by atoms with Gasteiger partial charge in [0, 0.05) is 23.7 Å². The highest BCUT2D eigenvalue weighted by Crippen LogP contribution is 2.54. The summed E-state index contributed by atoms with van der Waals surface area (Å²) in [5.41, 5.74) is 1.86. The van der Waals surface area contributed by atoms with Crippen molar-refractivity contribution in [2.24, 2.45) is 5.92 Å². The molecule has 132 valence electrons. The topological polar surface area (TPSA) is 84.3 Å². The summed E-state index contributed by atoms with van der Waals surface area (Å²) < 4.78 is 5.26. The monoisotopic (exact) mass is 361 g/mol. The van der Waals surface area contributed by atoms with Crippen LogP contribution in [-0.4, -0.2) is 33.8 Å². The predicted octanol–water partition coefficient (Wildman–Crippen LogP) is 3.98. The van der Waals surface area contributed by atoms with Crippen molar-refractivity contribution in [3.8, 4) is 5.88 Å². The first-order valence-electron chi connectivity index (χ1n) is 8.52. The molecule has 0 aliphatic heterocycles. The second kappa shape index (κ2) is 6.02. The highest BCUT2D eigenvalue weighted by Gasteiger charge is 2.50. The van der Waals surface area contributed by atoms with E-state index in [1.165, 1.54) is 0 Å². The number of pyridine rings is 2. The minimum absolute atomic E-state index is 0.00583. The van der Waals surface area contributed by atoms with E-state index < -0.39 is 11.6 Å². The van der Waals surface area contributed by atoms with Gasteiger partial charge in [-0.25, -0.2) is 9.78 Å². The Morgan fingerprint density at radius 3 is 2.84 bits per heavy atom. The van der Waals surface area contributed by atoms with Crippen LogP contribution in [0.25, 0.3) is 11.0 Å². The predicted molar refractivity (Wildman–Crippen MR) is 94.3 cm³/mol. The molecule has 3 fully saturated rings. The number of nitrogens with zero attached hydrogens (tertiary/aromatic N) is 2. The van der Waals surface area contributed by atoms with Crippen molar-refractivity contribution < 1.29 is 14.6 Å². The van der Waals surface area contributed by atoms with Gasteiger partial charge in [-0.3, -0.25) is 4.98 Å². The van der Waals surface area contributed by atoms with Gasteiger partial charge >= 0.3 is 6.09 Å². The minimum atomic E-state index is -0.981. The maximum absolute atomic E-state index is 11.5. The lowest BCUT2D eigenvalue weighted by atomic mass is 9.58. The fraction of sp³-hybridized carbons (Fsp3) is 0.500. The van der Waals surface area contributed by atoms with Crippen LogP contribution in [-0.2, 0) is 0 Å². The van der Waals surface area contributed by atoms with Crippen molar-refractivity contribution in [1.82, 2.24) is 15.3 Å². The van der Waals surface area contributed by atoms with Crippen LogP contribution in [0.15, 0.2) is 18.3 Å². The van der Waals surface area contributed by atoms with Crippen LogP contribution < -0.4 is 10.1 Å². The summed E-state index contributed by atoms with van der Waals surface area (Å²) in [7, 11) is 1.57. The van der Waals surface area contributed by atoms with Gasteiger partial charge in [-0.2, -0.15) is 0 Å². The zero-order chi connectivity index (χ0) is 17.6. The molecule has 3 saturated carbocycles. The lowest BCUT2D eigenvalue weighted by molar-refractivity contribution is 0.0751. The van der Waals surface area contributed by atoms with Crippen LogP contribution in [0.1, 0.15) is 43.6 Å². The first kappa shape index (κ1) is 16.4. The van der Waals surface area contributed by atoms with E-state index in [9.17, 15) is 9.90 Å². The summed E-state index contributed by atoms with van der Waals surface area (Å²) in [6, 6.07) is 3.63. The smallest absolute Gasteiger partial charge is 0.405 e. The van der Waals surface area contributed by atoms with E-state index in [1.54, 1.807) is 19.4 Å². The summed E-state index contributed by atoms with van der Waals surface area (Å²) in [6.45, 7) is 0. The van der Waals surface area contributed by atoms with Gasteiger partial charge in [-0.05, 0) is 44.1 Å². The normalized spacial score (nSPS) is 28.1. The van der Waals surface area contributed by atoms with Crippen LogP contribution in [0.4, 0.5) is 4.79 Å². The minimum Gasteiger partial charge on any atom is -0.481 e. The quantitative estimate of drug-likeness (QED) is 0.863. The van der Waals surface area contributed by atoms with E-state index in [0.717, 1.165) is 43.2 Å². The Morgan fingerprint density at radius 1 is 1.40 bits per heavy atom. The van der Waals surface area contributed by atoms with Gasteiger partial charge in [-0.1, -0.05) is 11.6 Å². The molecule has 1 unspecified atom stereocenters. The number of carboxylic acid groups (broad SMARTS) is 1. The molecule has 2 aromatic heterocycles. The molecule has 2 heterocycles. The van der Waals surface area contributed by atoms with E-state index >= 15 is 0 Å². The fourth-order valence-corrected chi connectivity index (χ4v) is 4.92. The van der Waals surface area contributed by atoms with Crippen LogP contribution in [0.2, 0.25) is 5.02 Å². The number of fused-ring (bicyclic) bond motifs is 4. The van der Waals surface area contributed by atoms with E-state index in [4.69, 9.17) is 16.3 Å². The number of aromatic nitrogens is 2. The average Bonchev–Trinajstić information content (AvgIpc) is 2.61. The maximum Gasteiger partial charge on any atom is 0.405 e. The van der Waals surface area contributed by atoms with Crippen LogP contribution >= 0.6 is 11.6 Å². The Labute approximate surface area is 150 Å². The fourth-order valence-electron chi connectivity index (χ4n) is 4.65. The van der Waals surface area contributed by atoms with Crippen molar-refractivity contribution in [1.29, 1.82) is 0 Å². The van der Waals surface area contributed by atoms with Gasteiger partial charge < -0.3 is 15.2 Å². The number of rotatable bonds is 3. The first-order valence-corrected chi connectivity index (χ1v) is 8.90. The van der Waals surface area contributed by atoms with Crippen molar-refractivity contribution in [3.63, 3.8) is 0 Å². The van der Waals surface area contributed by atoms with Crippen LogP contribution in [0.5, 0.6) is 5.88 Å². The van der Waals surface area contributed by atoms with Crippen molar-refractivity contribution in [2.75, 3.05) is 7.11 Å². The Bertz CT molecular complexity index is 834. The summed E-state index contributed by atoms with van der Waals surface area (Å²) in [5.74, 6) is 1.10. The Balaban J connectivity index is 1.90. The third-order valence-electron chi connectivity index (χ3n) is 5.82. The molecule has 0 aromatic carbocycles. The van der Waals surface area contributed by atoms with Gasteiger partial charge in [0.1, 0.15) is 0 Å². The molecular formula is C18H20ClN3O3. The lowest BCUT2D eigenvalue weighted by Gasteiger charge is -2.52. The van der Waals surface area contributed by atoms with Crippen molar-refractivity contribution >= 4 is 28.7 Å². The Morgan fingerprint density at radius 2 is 2.16 bits per heavy atom. The van der Waals surface area contributed by atoms with Gasteiger partial charge in [0.15, 0.2) is 0 Å². The molecule has 3 aliphatic rings. The number of halogens is 1. The van der Waals surface area contributed by atoms with Gasteiger partial charge in [0.05, 0.1) is 28.7 Å². The van der Waals surface area contributed by atoms with Gasteiger partial charge in [-0.15, -0.1) is 0 Å². The van der Waals surface area contributed by atoms with Crippen molar-refractivity contribution in [3.05, 3.63) is 28.9 Å². The number of nitrogens with one attached hydrogen (secondary N) is 1. The number of amides is 1. The third kappa shape index (κ3) is 2.68. The summed E-state index contributed by atoms with van der Waals surface area (Å²) >= 11 is 6.55. The van der Waals surface area contributed by atoms with E-state index in [1.807, 2.05) is 6.07 Å². The van der Waals surface area contributed by atoms with Crippen LogP contribution in [0, 0.1) is 5.92 Å². The molecule has 1 amide bonds. The highest BCUT2D eigenvalue weighted by atomic mass is 35.5. The molecule has 7 heteroatoms. The molecule has 5 rings (SSSR count). The SMILES string of the molecule is COc1ccc2ncc(Cl)c(C3CC4CCC3(NC(=O)O)CC4)c2n1. The maximum atomic E-state index is 11.5.